The topological polar surface area (TPSA) is 84.0 Å². The minimum Gasteiger partial charge on any atom is -0.462 e. The number of carbonyl (C=O) groups excluding carboxylic acids is 4. The lowest BCUT2D eigenvalue weighted by Gasteiger charge is -2.28. The highest BCUT2D eigenvalue weighted by Crippen LogP contribution is 2.35. The predicted molar refractivity (Wildman–Crippen MR) is 118 cm³/mol. The van der Waals surface area contributed by atoms with Crippen molar-refractivity contribution in [3.8, 4) is 0 Å². The average molecular weight is 434 g/mol. The van der Waals surface area contributed by atoms with Crippen molar-refractivity contribution in [3.63, 3.8) is 0 Å². The zero-order valence-electron chi connectivity index (χ0n) is 18.2. The molecule has 2 aliphatic rings. The summed E-state index contributed by atoms with van der Waals surface area (Å²) in [6.45, 7) is 4.26. The van der Waals surface area contributed by atoms with Crippen LogP contribution in [0.4, 0.5) is 5.69 Å². The Morgan fingerprint density at radius 1 is 1.03 bits per heavy atom. The summed E-state index contributed by atoms with van der Waals surface area (Å²) in [6.07, 6.45) is 1.58. The van der Waals surface area contributed by atoms with E-state index in [0.29, 0.717) is 11.3 Å². The van der Waals surface area contributed by atoms with Gasteiger partial charge in [-0.25, -0.2) is 9.69 Å². The van der Waals surface area contributed by atoms with E-state index in [4.69, 9.17) is 4.74 Å². The number of aryl methyl sites for hydroxylation is 1. The Balaban J connectivity index is 1.56. The van der Waals surface area contributed by atoms with Gasteiger partial charge in [0.15, 0.2) is 0 Å². The number of carbonyl (C=O) groups is 4. The number of rotatable bonds is 7. The molecule has 0 radical (unpaired) electrons. The van der Waals surface area contributed by atoms with E-state index in [1.165, 1.54) is 12.1 Å². The molecule has 1 saturated carbocycles. The van der Waals surface area contributed by atoms with Crippen LogP contribution >= 0.6 is 0 Å². The molecule has 7 heteroatoms. The SMILES string of the molecule is CCOC(=O)c1ccc(N2C(=O)CC(N(Cc3ccc(C)cc3)C(=O)C3CC3)C2=O)cc1. The normalized spacial score (nSPS) is 18.1. The van der Waals surface area contributed by atoms with Crippen molar-refractivity contribution < 1.29 is 23.9 Å². The zero-order valence-corrected chi connectivity index (χ0v) is 18.2. The van der Waals surface area contributed by atoms with Crippen LogP contribution in [0.15, 0.2) is 48.5 Å². The Labute approximate surface area is 187 Å². The van der Waals surface area contributed by atoms with Gasteiger partial charge in [0.25, 0.3) is 5.91 Å². The van der Waals surface area contributed by atoms with E-state index in [-0.39, 0.29) is 37.3 Å². The van der Waals surface area contributed by atoms with Crippen LogP contribution in [-0.2, 0) is 25.7 Å². The Hall–Kier alpha value is -3.48. The van der Waals surface area contributed by atoms with Gasteiger partial charge in [0.2, 0.25) is 11.8 Å². The average Bonchev–Trinajstić information content (AvgIpc) is 3.59. The fourth-order valence-corrected chi connectivity index (χ4v) is 3.89. The first kappa shape index (κ1) is 21.7. The quantitative estimate of drug-likeness (QED) is 0.493. The second kappa shape index (κ2) is 8.94. The Kier molecular flexibility index (Phi) is 6.08. The van der Waals surface area contributed by atoms with Crippen molar-refractivity contribution in [1.29, 1.82) is 0 Å². The fraction of sp³-hybridized carbons (Fsp3) is 0.360. The molecule has 2 fully saturated rings. The molecule has 32 heavy (non-hydrogen) atoms. The summed E-state index contributed by atoms with van der Waals surface area (Å²) in [6, 6.07) is 13.1. The second-order valence-electron chi connectivity index (χ2n) is 8.28. The highest BCUT2D eigenvalue weighted by molar-refractivity contribution is 6.23. The van der Waals surface area contributed by atoms with Crippen LogP contribution in [0.3, 0.4) is 0 Å². The van der Waals surface area contributed by atoms with Crippen molar-refractivity contribution in [2.75, 3.05) is 11.5 Å². The first-order valence-electron chi connectivity index (χ1n) is 10.9. The number of benzene rings is 2. The second-order valence-corrected chi connectivity index (χ2v) is 8.28. The summed E-state index contributed by atoms with van der Waals surface area (Å²) >= 11 is 0. The maximum absolute atomic E-state index is 13.3. The van der Waals surface area contributed by atoms with Crippen molar-refractivity contribution >= 4 is 29.4 Å². The van der Waals surface area contributed by atoms with E-state index in [1.807, 2.05) is 31.2 Å². The largest absolute Gasteiger partial charge is 0.462 e. The van der Waals surface area contributed by atoms with Crippen molar-refractivity contribution in [2.45, 2.75) is 45.7 Å². The highest BCUT2D eigenvalue weighted by Gasteiger charge is 2.46. The molecule has 1 aliphatic heterocycles. The maximum atomic E-state index is 13.3. The van der Waals surface area contributed by atoms with E-state index >= 15 is 0 Å². The monoisotopic (exact) mass is 434 g/mol. The lowest BCUT2D eigenvalue weighted by Crippen LogP contribution is -2.45. The molecule has 0 bridgehead atoms. The minimum absolute atomic E-state index is 0.0528. The van der Waals surface area contributed by atoms with Gasteiger partial charge in [0.05, 0.1) is 24.3 Å². The third-order valence-electron chi connectivity index (χ3n) is 5.82. The van der Waals surface area contributed by atoms with Gasteiger partial charge in [0.1, 0.15) is 6.04 Å². The number of ether oxygens (including phenoxy) is 1. The van der Waals surface area contributed by atoms with Crippen LogP contribution in [0.5, 0.6) is 0 Å². The molecular weight excluding hydrogens is 408 g/mol. The summed E-state index contributed by atoms with van der Waals surface area (Å²) in [5, 5.41) is 0. The smallest absolute Gasteiger partial charge is 0.338 e. The summed E-state index contributed by atoms with van der Waals surface area (Å²) in [5.74, 6) is -1.38. The summed E-state index contributed by atoms with van der Waals surface area (Å²) in [4.78, 5) is 53.7. The number of amides is 3. The maximum Gasteiger partial charge on any atom is 0.338 e. The van der Waals surface area contributed by atoms with E-state index in [0.717, 1.165) is 28.9 Å². The Bertz CT molecular complexity index is 1040. The molecule has 1 heterocycles. The van der Waals surface area contributed by atoms with Crippen molar-refractivity contribution in [1.82, 2.24) is 4.90 Å². The molecule has 0 aromatic heterocycles. The molecule has 1 aliphatic carbocycles. The van der Waals surface area contributed by atoms with E-state index < -0.39 is 17.9 Å². The van der Waals surface area contributed by atoms with Crippen LogP contribution in [-0.4, -0.2) is 41.2 Å². The van der Waals surface area contributed by atoms with Crippen LogP contribution in [0.2, 0.25) is 0 Å². The number of nitrogens with zero attached hydrogens (tertiary/aromatic N) is 2. The van der Waals surface area contributed by atoms with Crippen molar-refractivity contribution in [2.24, 2.45) is 5.92 Å². The molecule has 1 atom stereocenters. The minimum atomic E-state index is -0.832. The Morgan fingerprint density at radius 2 is 1.69 bits per heavy atom. The lowest BCUT2D eigenvalue weighted by molar-refractivity contribution is -0.140. The number of esters is 1. The third kappa shape index (κ3) is 4.42. The number of imide groups is 1. The molecule has 166 valence electrons. The standard InChI is InChI=1S/C25H26N2O5/c1-3-32-25(31)19-10-12-20(13-11-19)27-22(28)14-21(24(27)30)26(23(29)18-8-9-18)15-17-6-4-16(2)5-7-17/h4-7,10-13,18,21H,3,8-9,14-15H2,1-2H3. The lowest BCUT2D eigenvalue weighted by atomic mass is 10.1. The van der Waals surface area contributed by atoms with Gasteiger partial charge in [-0.15, -0.1) is 0 Å². The third-order valence-corrected chi connectivity index (χ3v) is 5.82. The molecule has 0 N–H and O–H groups in total. The molecular formula is C25H26N2O5. The predicted octanol–water partition coefficient (Wildman–Crippen LogP) is 3.24. The van der Waals surface area contributed by atoms with E-state index in [9.17, 15) is 19.2 Å². The van der Waals surface area contributed by atoms with Gasteiger partial charge in [-0.1, -0.05) is 29.8 Å². The Morgan fingerprint density at radius 3 is 2.28 bits per heavy atom. The van der Waals surface area contributed by atoms with Crippen LogP contribution in [0.25, 0.3) is 0 Å². The summed E-state index contributed by atoms with van der Waals surface area (Å²) < 4.78 is 4.97. The molecule has 4 rings (SSSR count). The van der Waals surface area contributed by atoms with Gasteiger partial charge in [-0.2, -0.15) is 0 Å². The molecule has 1 saturated heterocycles. The number of hydrogen-bond donors (Lipinski definition) is 0. The van der Waals surface area contributed by atoms with Gasteiger partial charge in [-0.3, -0.25) is 14.4 Å². The van der Waals surface area contributed by atoms with Crippen LogP contribution < -0.4 is 4.90 Å². The molecule has 2 aromatic carbocycles. The molecule has 1 unspecified atom stereocenters. The number of anilines is 1. The van der Waals surface area contributed by atoms with Gasteiger partial charge in [0, 0.05) is 12.5 Å². The van der Waals surface area contributed by atoms with Gasteiger partial charge < -0.3 is 9.64 Å². The van der Waals surface area contributed by atoms with E-state index in [1.54, 1.807) is 24.0 Å². The van der Waals surface area contributed by atoms with Crippen LogP contribution in [0, 0.1) is 12.8 Å². The molecule has 7 nitrogen and oxygen atoms in total. The van der Waals surface area contributed by atoms with Gasteiger partial charge >= 0.3 is 5.97 Å². The number of hydrogen-bond acceptors (Lipinski definition) is 5. The van der Waals surface area contributed by atoms with Gasteiger partial charge in [-0.05, 0) is 56.5 Å². The zero-order chi connectivity index (χ0) is 22.8. The first-order valence-corrected chi connectivity index (χ1v) is 10.9. The highest BCUT2D eigenvalue weighted by atomic mass is 16.5. The molecule has 0 spiro atoms. The molecule has 2 aromatic rings. The fourth-order valence-electron chi connectivity index (χ4n) is 3.89. The van der Waals surface area contributed by atoms with Crippen molar-refractivity contribution in [3.05, 3.63) is 65.2 Å². The molecule has 3 amide bonds. The summed E-state index contributed by atoms with van der Waals surface area (Å²) in [5.41, 5.74) is 2.75. The summed E-state index contributed by atoms with van der Waals surface area (Å²) in [7, 11) is 0. The van der Waals surface area contributed by atoms with E-state index in [2.05, 4.69) is 0 Å². The van der Waals surface area contributed by atoms with Crippen LogP contribution in [0.1, 0.15) is 47.7 Å². The first-order chi connectivity index (χ1) is 15.4.